The Hall–Kier alpha value is -0.770. The summed E-state index contributed by atoms with van der Waals surface area (Å²) in [5.74, 6) is 10.9. The van der Waals surface area contributed by atoms with Crippen molar-refractivity contribution >= 4 is 17.7 Å². The van der Waals surface area contributed by atoms with E-state index >= 15 is 0 Å². The molecule has 120 valence electrons. The molecule has 1 atom stereocenters. The van der Waals surface area contributed by atoms with Gasteiger partial charge in [0.05, 0.1) is 18.5 Å². The molecule has 4 aliphatic carbocycles. The first-order valence-electron chi connectivity index (χ1n) is 8.44. The van der Waals surface area contributed by atoms with Crippen molar-refractivity contribution < 1.29 is 4.79 Å². The van der Waals surface area contributed by atoms with Crippen LogP contribution in [0.5, 0.6) is 0 Å². The van der Waals surface area contributed by atoms with Gasteiger partial charge < -0.3 is 4.90 Å². The van der Waals surface area contributed by atoms with Crippen LogP contribution >= 0.6 is 11.8 Å². The van der Waals surface area contributed by atoms with Crippen LogP contribution in [0.25, 0.3) is 0 Å². The van der Waals surface area contributed by atoms with Crippen LogP contribution in [0.3, 0.4) is 0 Å². The first-order chi connectivity index (χ1) is 10.7. The van der Waals surface area contributed by atoms with Crippen LogP contribution in [0, 0.1) is 35.0 Å². The van der Waals surface area contributed by atoms with E-state index in [0.717, 1.165) is 17.6 Å². The summed E-state index contributed by atoms with van der Waals surface area (Å²) in [4.78, 5) is 14.2. The fourth-order valence-corrected chi connectivity index (χ4v) is 6.69. The number of nitriles is 1. The average molecular weight is 320 g/mol. The monoisotopic (exact) mass is 320 g/mol. The van der Waals surface area contributed by atoms with Gasteiger partial charge in [0.1, 0.15) is 6.04 Å². The zero-order chi connectivity index (χ0) is 15.3. The molecule has 1 unspecified atom stereocenters. The van der Waals surface area contributed by atoms with Crippen molar-refractivity contribution in [3.8, 4) is 6.07 Å². The average Bonchev–Trinajstić information content (AvgIpc) is 2.94. The molecule has 0 radical (unpaired) electrons. The molecule has 4 saturated carbocycles. The topological polar surface area (TPSA) is 73.4 Å². The van der Waals surface area contributed by atoms with Gasteiger partial charge in [0.25, 0.3) is 0 Å². The second kappa shape index (κ2) is 5.70. The van der Waals surface area contributed by atoms with E-state index in [2.05, 4.69) is 6.07 Å². The molecule has 22 heavy (non-hydrogen) atoms. The SMILES string of the molecule is N#CC1CSCN1C(=O)CN(N)C1C2CC3CC(C2)CC1C3. The van der Waals surface area contributed by atoms with Gasteiger partial charge in [-0.25, -0.2) is 5.01 Å². The van der Waals surface area contributed by atoms with Crippen LogP contribution in [-0.4, -0.2) is 46.1 Å². The lowest BCUT2D eigenvalue weighted by Gasteiger charge is -2.56. The second-order valence-corrected chi connectivity index (χ2v) is 8.60. The summed E-state index contributed by atoms with van der Waals surface area (Å²) in [6.45, 7) is 0.270. The minimum Gasteiger partial charge on any atom is -0.315 e. The molecule has 0 spiro atoms. The molecular weight excluding hydrogens is 296 g/mol. The molecule has 2 N–H and O–H groups in total. The van der Waals surface area contributed by atoms with E-state index in [1.54, 1.807) is 16.7 Å². The molecular formula is C16H24N4OS. The highest BCUT2D eigenvalue weighted by molar-refractivity contribution is 7.99. The number of hydrogen-bond acceptors (Lipinski definition) is 5. The number of carbonyl (C=O) groups excluding carboxylic acids is 1. The Bertz CT molecular complexity index is 477. The van der Waals surface area contributed by atoms with E-state index in [1.165, 1.54) is 32.1 Å². The zero-order valence-electron chi connectivity index (χ0n) is 12.9. The molecule has 1 amide bonds. The fourth-order valence-electron chi connectivity index (χ4n) is 5.59. The Balaban J connectivity index is 1.41. The van der Waals surface area contributed by atoms with Crippen LogP contribution < -0.4 is 5.84 Å². The van der Waals surface area contributed by atoms with Gasteiger partial charge in [-0.1, -0.05) is 0 Å². The number of amides is 1. The fraction of sp³-hybridized carbons (Fsp3) is 0.875. The van der Waals surface area contributed by atoms with E-state index < -0.39 is 0 Å². The van der Waals surface area contributed by atoms with Crippen LogP contribution in [-0.2, 0) is 4.79 Å². The highest BCUT2D eigenvalue weighted by Crippen LogP contribution is 2.54. The van der Waals surface area contributed by atoms with Crippen LogP contribution in [0.15, 0.2) is 0 Å². The molecule has 5 rings (SSSR count). The van der Waals surface area contributed by atoms with Crippen LogP contribution in [0.4, 0.5) is 0 Å². The predicted octanol–water partition coefficient (Wildman–Crippen LogP) is 1.41. The first kappa shape index (κ1) is 14.8. The first-order valence-corrected chi connectivity index (χ1v) is 9.59. The van der Waals surface area contributed by atoms with Gasteiger partial charge in [-0.2, -0.15) is 5.26 Å². The zero-order valence-corrected chi connectivity index (χ0v) is 13.7. The molecule has 6 heteroatoms. The lowest BCUT2D eigenvalue weighted by molar-refractivity contribution is -0.136. The molecule has 1 saturated heterocycles. The summed E-state index contributed by atoms with van der Waals surface area (Å²) in [6, 6.07) is 2.33. The minimum absolute atomic E-state index is 0.0212. The van der Waals surface area contributed by atoms with Crippen LogP contribution in [0.2, 0.25) is 0 Å². The molecule has 0 aromatic rings. The lowest BCUT2D eigenvalue weighted by atomic mass is 9.54. The maximum absolute atomic E-state index is 12.5. The second-order valence-electron chi connectivity index (χ2n) is 7.60. The molecule has 5 nitrogen and oxygen atoms in total. The van der Waals surface area contributed by atoms with Crippen molar-refractivity contribution in [1.29, 1.82) is 5.26 Å². The Morgan fingerprint density at radius 3 is 2.45 bits per heavy atom. The van der Waals surface area contributed by atoms with Gasteiger partial charge in [-0.15, -0.1) is 11.8 Å². The number of hydrazine groups is 1. The van der Waals surface area contributed by atoms with Gasteiger partial charge in [-0.3, -0.25) is 10.6 Å². The summed E-state index contributed by atoms with van der Waals surface area (Å²) < 4.78 is 0. The normalized spacial score (nSPS) is 42.9. The Labute approximate surface area is 136 Å². The summed E-state index contributed by atoms with van der Waals surface area (Å²) in [5.41, 5.74) is 0. The van der Waals surface area contributed by atoms with E-state index in [-0.39, 0.29) is 18.5 Å². The smallest absolute Gasteiger partial charge is 0.239 e. The van der Waals surface area contributed by atoms with Crippen molar-refractivity contribution in [2.24, 2.45) is 29.5 Å². The molecule has 5 fully saturated rings. The molecule has 4 bridgehead atoms. The number of thioether (sulfide) groups is 1. The standard InChI is InChI=1S/C16H24N4OS/c17-6-14-8-22-9-19(14)15(21)7-20(18)16-12-2-10-1-11(4-12)5-13(16)3-10/h10-14,16H,1-5,7-9,18H2. The van der Waals surface area contributed by atoms with E-state index in [0.29, 0.717) is 23.8 Å². The Kier molecular flexibility index (Phi) is 3.83. The maximum Gasteiger partial charge on any atom is 0.239 e. The van der Waals surface area contributed by atoms with Gasteiger partial charge in [0.15, 0.2) is 0 Å². The third-order valence-corrected chi connectivity index (χ3v) is 7.24. The summed E-state index contributed by atoms with van der Waals surface area (Å²) in [6.07, 6.45) is 6.65. The van der Waals surface area contributed by atoms with E-state index in [1.807, 2.05) is 5.01 Å². The molecule has 1 aliphatic heterocycles. The van der Waals surface area contributed by atoms with Gasteiger partial charge in [-0.05, 0) is 55.8 Å². The predicted molar refractivity (Wildman–Crippen MR) is 85.3 cm³/mol. The van der Waals surface area contributed by atoms with Crippen molar-refractivity contribution in [2.45, 2.75) is 44.2 Å². The highest BCUT2D eigenvalue weighted by atomic mass is 32.2. The summed E-state index contributed by atoms with van der Waals surface area (Å²) >= 11 is 1.65. The van der Waals surface area contributed by atoms with Crippen molar-refractivity contribution in [3.05, 3.63) is 0 Å². The van der Waals surface area contributed by atoms with Crippen molar-refractivity contribution in [3.63, 3.8) is 0 Å². The molecule has 1 heterocycles. The largest absolute Gasteiger partial charge is 0.315 e. The Morgan fingerprint density at radius 1 is 1.23 bits per heavy atom. The van der Waals surface area contributed by atoms with Crippen molar-refractivity contribution in [2.75, 3.05) is 18.2 Å². The molecule has 5 aliphatic rings. The number of hydrogen-bond donors (Lipinski definition) is 1. The number of nitrogens with zero attached hydrogens (tertiary/aromatic N) is 3. The van der Waals surface area contributed by atoms with Crippen LogP contribution in [0.1, 0.15) is 32.1 Å². The van der Waals surface area contributed by atoms with Gasteiger partial charge in [0.2, 0.25) is 5.91 Å². The third-order valence-electron chi connectivity index (χ3n) is 6.23. The minimum atomic E-state index is -0.274. The van der Waals surface area contributed by atoms with Crippen molar-refractivity contribution in [1.82, 2.24) is 9.91 Å². The maximum atomic E-state index is 12.5. The quantitative estimate of drug-likeness (QED) is 0.629. The number of rotatable bonds is 3. The van der Waals surface area contributed by atoms with Gasteiger partial charge >= 0.3 is 0 Å². The van der Waals surface area contributed by atoms with E-state index in [4.69, 9.17) is 11.1 Å². The van der Waals surface area contributed by atoms with Gasteiger partial charge in [0, 0.05) is 11.8 Å². The Morgan fingerprint density at radius 2 is 1.86 bits per heavy atom. The molecule has 0 aromatic carbocycles. The highest BCUT2D eigenvalue weighted by Gasteiger charge is 2.50. The lowest BCUT2D eigenvalue weighted by Crippen LogP contribution is -2.60. The molecule has 0 aromatic heterocycles. The third kappa shape index (κ3) is 2.44. The summed E-state index contributed by atoms with van der Waals surface area (Å²) in [7, 11) is 0. The number of nitrogens with two attached hydrogens (primary N) is 1. The summed E-state index contributed by atoms with van der Waals surface area (Å²) in [5, 5.41) is 11.0. The van der Waals surface area contributed by atoms with E-state index in [9.17, 15) is 4.79 Å². The number of carbonyl (C=O) groups is 1.